The van der Waals surface area contributed by atoms with Gasteiger partial charge < -0.3 is 20.1 Å². The fourth-order valence-electron chi connectivity index (χ4n) is 1.20. The van der Waals surface area contributed by atoms with Gasteiger partial charge in [0, 0.05) is 12.5 Å². The fraction of sp³-hybridized carbons (Fsp3) is 0.300. The van der Waals surface area contributed by atoms with Gasteiger partial charge in [-0.1, -0.05) is 6.07 Å². The second-order valence-corrected chi connectivity index (χ2v) is 3.05. The van der Waals surface area contributed by atoms with E-state index in [1.165, 1.54) is 25.3 Å². The van der Waals surface area contributed by atoms with E-state index in [0.29, 0.717) is 11.3 Å². The molecule has 0 fully saturated rings. The number of aromatic hydroxyl groups is 1. The van der Waals surface area contributed by atoms with Crippen molar-refractivity contribution >= 4 is 5.97 Å². The van der Waals surface area contributed by atoms with Crippen LogP contribution in [-0.2, 0) is 11.2 Å². The summed E-state index contributed by atoms with van der Waals surface area (Å²) in [6, 6.07) is 4.29. The molecule has 5 heteroatoms. The zero-order valence-corrected chi connectivity index (χ0v) is 8.17. The number of aliphatic carboxylic acids is 1. The van der Waals surface area contributed by atoms with Crippen molar-refractivity contribution in [1.29, 1.82) is 0 Å². The van der Waals surface area contributed by atoms with Crippen LogP contribution in [0.3, 0.4) is 0 Å². The number of carboxylic acid groups (broad SMARTS) is 1. The molecule has 0 amide bonds. The Kier molecular flexibility index (Phi) is 3.51. The number of phenolic OH excluding ortho intramolecular Hbond substituents is 1. The molecule has 0 bridgehead atoms. The molecule has 0 saturated heterocycles. The number of methoxy groups -OCH3 is 1. The minimum Gasteiger partial charge on any atom is -0.508 e. The quantitative estimate of drug-likeness (QED) is 0.672. The zero-order chi connectivity index (χ0) is 11.4. The van der Waals surface area contributed by atoms with Crippen molar-refractivity contribution in [3.63, 3.8) is 0 Å². The third kappa shape index (κ3) is 2.85. The first-order chi connectivity index (χ1) is 7.04. The maximum absolute atomic E-state index is 10.4. The van der Waals surface area contributed by atoms with Gasteiger partial charge in [-0.15, -0.1) is 0 Å². The summed E-state index contributed by atoms with van der Waals surface area (Å²) < 4.78 is 4.94. The Hall–Kier alpha value is -1.75. The maximum Gasteiger partial charge on any atom is 0.332 e. The molecule has 0 aliphatic rings. The van der Waals surface area contributed by atoms with Crippen LogP contribution < -0.4 is 4.74 Å². The molecule has 1 atom stereocenters. The number of hydrogen-bond donors (Lipinski definition) is 3. The van der Waals surface area contributed by atoms with Crippen LogP contribution in [0, 0.1) is 0 Å². The lowest BCUT2D eigenvalue weighted by Crippen LogP contribution is -2.22. The van der Waals surface area contributed by atoms with Crippen molar-refractivity contribution in [3.8, 4) is 11.5 Å². The summed E-state index contributed by atoms with van der Waals surface area (Å²) in [6.45, 7) is 0. The lowest BCUT2D eigenvalue weighted by Gasteiger charge is -2.10. The molecule has 1 rings (SSSR count). The van der Waals surface area contributed by atoms with Gasteiger partial charge in [0.25, 0.3) is 0 Å². The molecule has 1 aromatic rings. The van der Waals surface area contributed by atoms with E-state index in [-0.39, 0.29) is 12.2 Å². The first-order valence-electron chi connectivity index (χ1n) is 4.31. The Morgan fingerprint density at radius 1 is 1.53 bits per heavy atom. The average Bonchev–Trinajstić information content (AvgIpc) is 2.20. The van der Waals surface area contributed by atoms with Gasteiger partial charge in [-0.2, -0.15) is 0 Å². The zero-order valence-electron chi connectivity index (χ0n) is 8.17. The minimum absolute atomic E-state index is 0.0282. The van der Waals surface area contributed by atoms with E-state index in [1.807, 2.05) is 0 Å². The van der Waals surface area contributed by atoms with E-state index in [0.717, 1.165) is 0 Å². The molecule has 82 valence electrons. The van der Waals surface area contributed by atoms with Crippen LogP contribution >= 0.6 is 0 Å². The maximum atomic E-state index is 10.4. The van der Waals surface area contributed by atoms with Crippen LogP contribution in [-0.4, -0.2) is 34.5 Å². The molecule has 0 aliphatic carbocycles. The highest BCUT2D eigenvalue weighted by Gasteiger charge is 2.16. The fourth-order valence-corrected chi connectivity index (χ4v) is 1.20. The summed E-state index contributed by atoms with van der Waals surface area (Å²) in [4.78, 5) is 10.4. The number of hydrogen-bond acceptors (Lipinski definition) is 4. The van der Waals surface area contributed by atoms with Gasteiger partial charge in [-0.05, 0) is 11.6 Å². The van der Waals surface area contributed by atoms with E-state index in [2.05, 4.69) is 0 Å². The summed E-state index contributed by atoms with van der Waals surface area (Å²) in [5, 5.41) is 26.8. The Morgan fingerprint density at radius 3 is 2.73 bits per heavy atom. The van der Waals surface area contributed by atoms with Crippen LogP contribution in [0.15, 0.2) is 18.2 Å². The number of ether oxygens (including phenoxy) is 1. The van der Waals surface area contributed by atoms with Gasteiger partial charge in [0.05, 0.1) is 7.11 Å². The molecule has 15 heavy (non-hydrogen) atoms. The van der Waals surface area contributed by atoms with Crippen LogP contribution in [0.1, 0.15) is 5.56 Å². The SMILES string of the molecule is COc1cc(O)ccc1CC(O)C(=O)O. The smallest absolute Gasteiger partial charge is 0.332 e. The topological polar surface area (TPSA) is 87.0 Å². The van der Waals surface area contributed by atoms with E-state index in [4.69, 9.17) is 20.1 Å². The van der Waals surface area contributed by atoms with Gasteiger partial charge in [0.2, 0.25) is 0 Å². The summed E-state index contributed by atoms with van der Waals surface area (Å²) in [6.07, 6.45) is -1.53. The Morgan fingerprint density at radius 2 is 2.20 bits per heavy atom. The minimum atomic E-state index is -1.47. The normalized spacial score (nSPS) is 12.1. The Labute approximate surface area is 86.5 Å². The van der Waals surface area contributed by atoms with Crippen molar-refractivity contribution in [3.05, 3.63) is 23.8 Å². The van der Waals surface area contributed by atoms with E-state index in [1.54, 1.807) is 0 Å². The van der Waals surface area contributed by atoms with E-state index in [9.17, 15) is 4.79 Å². The molecule has 0 saturated carbocycles. The number of rotatable bonds is 4. The van der Waals surface area contributed by atoms with Gasteiger partial charge in [-0.3, -0.25) is 0 Å². The molecule has 5 nitrogen and oxygen atoms in total. The predicted octanol–water partition coefficient (Wildman–Crippen LogP) is 0.389. The lowest BCUT2D eigenvalue weighted by molar-refractivity contribution is -0.146. The number of aliphatic hydroxyl groups excluding tert-OH is 1. The number of carbonyl (C=O) groups is 1. The highest BCUT2D eigenvalue weighted by molar-refractivity contribution is 5.72. The number of carboxylic acids is 1. The number of phenols is 1. The molecule has 0 spiro atoms. The van der Waals surface area contributed by atoms with Crippen LogP contribution in [0.4, 0.5) is 0 Å². The second-order valence-electron chi connectivity index (χ2n) is 3.05. The first-order valence-corrected chi connectivity index (χ1v) is 4.31. The molecule has 0 aromatic heterocycles. The van der Waals surface area contributed by atoms with Crippen LogP contribution in [0.5, 0.6) is 11.5 Å². The lowest BCUT2D eigenvalue weighted by atomic mass is 10.1. The molecule has 1 aromatic carbocycles. The molecule has 0 aliphatic heterocycles. The van der Waals surface area contributed by atoms with Crippen LogP contribution in [0.25, 0.3) is 0 Å². The third-order valence-corrected chi connectivity index (χ3v) is 1.97. The van der Waals surface area contributed by atoms with Crippen molar-refractivity contribution in [2.75, 3.05) is 7.11 Å². The van der Waals surface area contributed by atoms with Gasteiger partial charge in [0.15, 0.2) is 6.10 Å². The van der Waals surface area contributed by atoms with Crippen molar-refractivity contribution in [2.45, 2.75) is 12.5 Å². The first kappa shape index (κ1) is 11.3. The monoisotopic (exact) mass is 212 g/mol. The second kappa shape index (κ2) is 4.65. The molecule has 3 N–H and O–H groups in total. The summed E-state index contributed by atoms with van der Waals surface area (Å²) in [5.41, 5.74) is 0.533. The molecule has 0 radical (unpaired) electrons. The third-order valence-electron chi connectivity index (χ3n) is 1.97. The van der Waals surface area contributed by atoms with Crippen molar-refractivity contribution in [1.82, 2.24) is 0 Å². The molecular weight excluding hydrogens is 200 g/mol. The average molecular weight is 212 g/mol. The van der Waals surface area contributed by atoms with Crippen molar-refractivity contribution < 1.29 is 24.9 Å². The van der Waals surface area contributed by atoms with E-state index < -0.39 is 12.1 Å². The standard InChI is InChI=1S/C10H12O5/c1-15-9-5-7(11)3-2-6(9)4-8(12)10(13)14/h2-3,5,8,11-12H,4H2,1H3,(H,13,14). The summed E-state index contributed by atoms with van der Waals surface area (Å²) >= 11 is 0. The highest BCUT2D eigenvalue weighted by Crippen LogP contribution is 2.24. The molecule has 1 unspecified atom stereocenters. The van der Waals surface area contributed by atoms with Crippen LogP contribution in [0.2, 0.25) is 0 Å². The van der Waals surface area contributed by atoms with Gasteiger partial charge >= 0.3 is 5.97 Å². The Balaban J connectivity index is 2.89. The highest BCUT2D eigenvalue weighted by atomic mass is 16.5. The molecule has 0 heterocycles. The largest absolute Gasteiger partial charge is 0.508 e. The van der Waals surface area contributed by atoms with Gasteiger partial charge in [0.1, 0.15) is 11.5 Å². The molecular formula is C10H12O5. The summed E-state index contributed by atoms with van der Waals surface area (Å²) in [7, 11) is 1.41. The van der Waals surface area contributed by atoms with Crippen molar-refractivity contribution in [2.24, 2.45) is 0 Å². The number of aliphatic hydroxyl groups is 1. The predicted molar refractivity (Wildman–Crippen MR) is 52.0 cm³/mol. The number of benzene rings is 1. The Bertz CT molecular complexity index is 361. The van der Waals surface area contributed by atoms with E-state index >= 15 is 0 Å². The van der Waals surface area contributed by atoms with Gasteiger partial charge in [-0.25, -0.2) is 4.79 Å². The summed E-state index contributed by atoms with van der Waals surface area (Å²) in [5.74, 6) is -0.902.